The number of fused-ring (bicyclic) bond motifs is 4. The summed E-state index contributed by atoms with van der Waals surface area (Å²) in [6, 6.07) is 36.3. The van der Waals surface area contributed by atoms with Crippen molar-refractivity contribution in [2.24, 2.45) is 5.92 Å². The van der Waals surface area contributed by atoms with E-state index >= 15 is 0 Å². The van der Waals surface area contributed by atoms with Crippen LogP contribution in [-0.4, -0.2) is 82.4 Å². The van der Waals surface area contributed by atoms with E-state index in [1.807, 2.05) is 66.7 Å². The molecule has 4 heterocycles. The van der Waals surface area contributed by atoms with E-state index in [-0.39, 0.29) is 54.4 Å². The van der Waals surface area contributed by atoms with Crippen LogP contribution in [0.1, 0.15) is 69.6 Å². The van der Waals surface area contributed by atoms with Gasteiger partial charge in [-0.25, -0.2) is 9.18 Å². The fourth-order valence-electron chi connectivity index (χ4n) is 8.57. The van der Waals surface area contributed by atoms with Crippen molar-refractivity contribution in [3.05, 3.63) is 177 Å². The molecular formula is C50H52FN5O7. The van der Waals surface area contributed by atoms with E-state index in [1.54, 1.807) is 41.3 Å². The van der Waals surface area contributed by atoms with Crippen molar-refractivity contribution in [3.8, 4) is 11.5 Å². The van der Waals surface area contributed by atoms with E-state index in [2.05, 4.69) is 20.5 Å². The van der Waals surface area contributed by atoms with Crippen molar-refractivity contribution in [3.63, 3.8) is 0 Å². The smallest absolute Gasteiger partial charge is 0.408 e. The lowest BCUT2D eigenvalue weighted by Crippen LogP contribution is -2.52. The van der Waals surface area contributed by atoms with Crippen molar-refractivity contribution in [1.82, 2.24) is 25.4 Å². The Balaban J connectivity index is 0.877. The first-order valence-corrected chi connectivity index (χ1v) is 21.5. The monoisotopic (exact) mass is 853 g/mol. The topological polar surface area (TPSA) is 156 Å². The van der Waals surface area contributed by atoms with Crippen LogP contribution in [0.2, 0.25) is 0 Å². The minimum atomic E-state index is -0.916. The van der Waals surface area contributed by atoms with Gasteiger partial charge in [0.05, 0.1) is 17.7 Å². The number of aromatic hydroxyl groups is 1. The Morgan fingerprint density at radius 3 is 2.37 bits per heavy atom. The molecule has 3 unspecified atom stereocenters. The van der Waals surface area contributed by atoms with E-state index in [4.69, 9.17) is 9.47 Å². The Labute approximate surface area is 365 Å². The minimum Gasteiger partial charge on any atom is -0.506 e. The molecule has 0 spiro atoms. The highest BCUT2D eigenvalue weighted by Gasteiger charge is 2.37. The molecule has 9 rings (SSSR count). The number of aliphatic hydroxyl groups is 1. The van der Waals surface area contributed by atoms with Crippen molar-refractivity contribution in [2.75, 3.05) is 39.3 Å². The van der Waals surface area contributed by atoms with E-state index in [0.717, 1.165) is 54.7 Å². The summed E-state index contributed by atoms with van der Waals surface area (Å²) in [5, 5.41) is 28.1. The number of aromatic amines is 1. The van der Waals surface area contributed by atoms with Gasteiger partial charge in [0.15, 0.2) is 0 Å². The molecule has 3 fully saturated rings. The molecule has 5 N–H and O–H groups in total. The number of nitrogens with one attached hydrogen (secondary N) is 3. The van der Waals surface area contributed by atoms with E-state index in [1.165, 1.54) is 24.3 Å². The molecule has 326 valence electrons. The molecule has 0 aliphatic carbocycles. The average molecular weight is 854 g/mol. The zero-order valence-corrected chi connectivity index (χ0v) is 34.9. The number of phenolic OH excluding ortho intramolecular Hbond substituents is 1. The number of pyridine rings is 1. The van der Waals surface area contributed by atoms with Crippen LogP contribution >= 0.6 is 0 Å². The van der Waals surface area contributed by atoms with Crippen LogP contribution < -0.4 is 20.9 Å². The molecule has 2 amide bonds. The van der Waals surface area contributed by atoms with Crippen LogP contribution in [0.5, 0.6) is 11.5 Å². The fraction of sp³-hybridized carbons (Fsp3) is 0.300. The van der Waals surface area contributed by atoms with Gasteiger partial charge in [-0.1, -0.05) is 72.8 Å². The molecule has 13 heteroatoms. The van der Waals surface area contributed by atoms with E-state index in [9.17, 15) is 29.0 Å². The Hall–Kier alpha value is -6.54. The van der Waals surface area contributed by atoms with E-state index in [0.29, 0.717) is 47.7 Å². The SMILES string of the molecule is O=C(NC(c1ccccc1)c1cccc(OCc2ccc(C(=O)N(CCCNCC(O)c3ccc(O)c4[nH]c(=O)ccc34)Cc3ccc(F)cc3)cc2)c1)OC1CN2CCC1CC2. The van der Waals surface area contributed by atoms with Crippen molar-refractivity contribution >= 4 is 22.9 Å². The van der Waals surface area contributed by atoms with E-state index < -0.39 is 18.2 Å². The highest BCUT2D eigenvalue weighted by molar-refractivity contribution is 5.94. The Morgan fingerprint density at radius 1 is 0.873 bits per heavy atom. The number of halogens is 1. The van der Waals surface area contributed by atoms with Crippen LogP contribution in [0.4, 0.5) is 9.18 Å². The quantitative estimate of drug-likeness (QED) is 0.0599. The number of alkyl carbamates (subject to hydrolysis) is 1. The molecule has 1 aromatic heterocycles. The van der Waals surface area contributed by atoms with Gasteiger partial charge in [-0.3, -0.25) is 14.5 Å². The lowest BCUT2D eigenvalue weighted by molar-refractivity contribution is -0.0336. The summed E-state index contributed by atoms with van der Waals surface area (Å²) in [5.41, 5.74) is 4.38. The largest absolute Gasteiger partial charge is 0.506 e. The second-order valence-corrected chi connectivity index (χ2v) is 16.3. The molecular weight excluding hydrogens is 802 g/mol. The summed E-state index contributed by atoms with van der Waals surface area (Å²) < 4.78 is 26.0. The zero-order valence-electron chi connectivity index (χ0n) is 34.9. The zero-order chi connectivity index (χ0) is 43.7. The number of piperidine rings is 3. The van der Waals surface area contributed by atoms with Crippen molar-refractivity contribution in [1.29, 1.82) is 0 Å². The van der Waals surface area contributed by atoms with Crippen LogP contribution in [0.25, 0.3) is 10.9 Å². The molecule has 12 nitrogen and oxygen atoms in total. The molecule has 5 aromatic carbocycles. The third-order valence-corrected chi connectivity index (χ3v) is 12.0. The van der Waals surface area contributed by atoms with Gasteiger partial charge in [-0.15, -0.1) is 0 Å². The van der Waals surface area contributed by atoms with Gasteiger partial charge < -0.3 is 40.2 Å². The number of nitrogens with zero attached hydrogens (tertiary/aromatic N) is 2. The maximum Gasteiger partial charge on any atom is 0.408 e. The highest BCUT2D eigenvalue weighted by Crippen LogP contribution is 2.32. The third-order valence-electron chi connectivity index (χ3n) is 12.0. The minimum absolute atomic E-state index is 0.0797. The first-order valence-electron chi connectivity index (χ1n) is 21.5. The number of aliphatic hydroxyl groups excluding tert-OH is 1. The molecule has 0 radical (unpaired) electrons. The maximum atomic E-state index is 14.0. The molecule has 63 heavy (non-hydrogen) atoms. The van der Waals surface area contributed by atoms with Gasteiger partial charge in [-0.05, 0) is 121 Å². The summed E-state index contributed by atoms with van der Waals surface area (Å²) in [6.45, 7) is 4.51. The lowest BCUT2D eigenvalue weighted by atomic mass is 9.86. The standard InChI is InChI=1S/C50H52FN5O7/c51-39-16-12-33(13-17-39)30-56(25-5-24-52-29-44(58)41-18-20-43(57)48-42(41)19-21-46(59)53-48)49(60)37-14-10-34(11-15-37)32-62-40-9-4-8-38(28-40)47(36-6-2-1-3-7-36)54-50(61)63-45-31-55-26-22-35(45)23-27-55/h1-4,6-21,28,35,44-45,47,52,57-58H,5,22-27,29-32H2,(H,53,59)(H,54,61). The first-order chi connectivity index (χ1) is 30.7. The summed E-state index contributed by atoms with van der Waals surface area (Å²) >= 11 is 0. The molecule has 0 saturated carbocycles. The summed E-state index contributed by atoms with van der Waals surface area (Å²) in [7, 11) is 0. The summed E-state index contributed by atoms with van der Waals surface area (Å²) in [5.74, 6) is 0.405. The Morgan fingerprint density at radius 2 is 1.62 bits per heavy atom. The number of hydrogen-bond donors (Lipinski definition) is 5. The number of H-pyrrole nitrogens is 1. The van der Waals surface area contributed by atoms with Crippen LogP contribution in [0.15, 0.2) is 132 Å². The summed E-state index contributed by atoms with van der Waals surface area (Å²) in [6.07, 6.45) is 1.21. The summed E-state index contributed by atoms with van der Waals surface area (Å²) in [4.78, 5) is 45.8. The second-order valence-electron chi connectivity index (χ2n) is 16.3. The molecule has 6 aromatic rings. The van der Waals surface area contributed by atoms with Crippen LogP contribution in [0, 0.1) is 11.7 Å². The average Bonchev–Trinajstić information content (AvgIpc) is 3.31. The Kier molecular flexibility index (Phi) is 13.8. The van der Waals surface area contributed by atoms with Gasteiger partial charge in [0.1, 0.15) is 30.0 Å². The molecule has 2 bridgehead atoms. The second kappa shape index (κ2) is 20.1. The van der Waals surface area contributed by atoms with Crippen molar-refractivity contribution < 1.29 is 33.7 Å². The lowest BCUT2D eigenvalue weighted by Gasteiger charge is -2.43. The third kappa shape index (κ3) is 10.9. The number of rotatable bonds is 17. The molecule has 3 aliphatic rings. The molecule has 3 atom stereocenters. The molecule has 3 saturated heterocycles. The number of hydrogen-bond acceptors (Lipinski definition) is 9. The number of ether oxygens (including phenoxy) is 2. The van der Waals surface area contributed by atoms with Gasteiger partial charge in [0.2, 0.25) is 5.56 Å². The number of benzene rings is 5. The van der Waals surface area contributed by atoms with Gasteiger partial charge in [0, 0.05) is 43.2 Å². The number of carbonyl (C=O) groups is 2. The first kappa shape index (κ1) is 43.1. The van der Waals surface area contributed by atoms with Gasteiger partial charge in [0.25, 0.3) is 5.91 Å². The van der Waals surface area contributed by atoms with Crippen LogP contribution in [-0.2, 0) is 17.9 Å². The van der Waals surface area contributed by atoms with Crippen LogP contribution in [0.3, 0.4) is 0 Å². The molecule has 3 aliphatic heterocycles. The van der Waals surface area contributed by atoms with Gasteiger partial charge in [-0.2, -0.15) is 0 Å². The normalized spacial score (nSPS) is 17.8. The van der Waals surface area contributed by atoms with Gasteiger partial charge >= 0.3 is 6.09 Å². The van der Waals surface area contributed by atoms with Crippen molar-refractivity contribution in [2.45, 2.75) is 50.7 Å². The Bertz CT molecular complexity index is 2550. The number of phenols is 1. The maximum absolute atomic E-state index is 14.0. The number of carbonyl (C=O) groups excluding carboxylic acids is 2. The predicted octanol–water partition coefficient (Wildman–Crippen LogP) is 7.22. The number of aromatic nitrogens is 1. The number of amides is 2. The fourth-order valence-corrected chi connectivity index (χ4v) is 8.57. The highest BCUT2D eigenvalue weighted by atomic mass is 19.1. The predicted molar refractivity (Wildman–Crippen MR) is 238 cm³/mol.